The fraction of sp³-hybridized carbons (Fsp3) is 0.318. The lowest BCUT2D eigenvalue weighted by Gasteiger charge is -2.26. The molecule has 3 rings (SSSR count). The van der Waals surface area contributed by atoms with Crippen molar-refractivity contribution in [3.8, 4) is 0 Å². The van der Waals surface area contributed by atoms with Gasteiger partial charge in [-0.2, -0.15) is 0 Å². The average molecular weight is 396 g/mol. The Kier molecular flexibility index (Phi) is 6.59. The molecule has 0 radical (unpaired) electrons. The molecule has 0 saturated carbocycles. The quantitative estimate of drug-likeness (QED) is 0.423. The number of guanidine groups is 1. The third kappa shape index (κ3) is 5.88. The molecule has 1 aromatic carbocycles. The van der Waals surface area contributed by atoms with Gasteiger partial charge in [0.1, 0.15) is 12.4 Å². The zero-order valence-corrected chi connectivity index (χ0v) is 16.4. The molecule has 4 N–H and O–H groups in total. The van der Waals surface area contributed by atoms with Crippen molar-refractivity contribution < 1.29 is 13.9 Å². The first-order chi connectivity index (χ1) is 13.9. The first kappa shape index (κ1) is 20.5. The minimum atomic E-state index is -0.941. The summed E-state index contributed by atoms with van der Waals surface area (Å²) in [5, 5.41) is 0. The molecular formula is C22H25FN4O2. The van der Waals surface area contributed by atoms with Crippen molar-refractivity contribution in [3.63, 3.8) is 0 Å². The number of ether oxygens (including phenoxy) is 1. The van der Waals surface area contributed by atoms with Crippen LogP contribution < -0.4 is 11.5 Å². The molecule has 7 heteroatoms. The van der Waals surface area contributed by atoms with Crippen molar-refractivity contribution in [3.05, 3.63) is 76.4 Å². The summed E-state index contributed by atoms with van der Waals surface area (Å²) in [6.45, 7) is 1.76. The summed E-state index contributed by atoms with van der Waals surface area (Å²) in [6.07, 6.45) is 6.71. The number of rotatable bonds is 7. The number of carbonyl (C=O) groups excluding carboxylic acids is 1. The number of aryl methyl sites for hydroxylation is 2. The minimum absolute atomic E-state index is 0.218. The normalized spacial score (nSPS) is 15.2. The van der Waals surface area contributed by atoms with Crippen molar-refractivity contribution in [2.75, 3.05) is 0 Å². The van der Waals surface area contributed by atoms with Crippen LogP contribution in [0.5, 0.6) is 0 Å². The molecule has 1 unspecified atom stereocenters. The summed E-state index contributed by atoms with van der Waals surface area (Å²) in [6, 6.07) is 9.24. The highest BCUT2D eigenvalue weighted by Gasteiger charge is 2.20. The second kappa shape index (κ2) is 9.32. The molecule has 6 nitrogen and oxygen atoms in total. The third-order valence-corrected chi connectivity index (χ3v) is 4.91. The summed E-state index contributed by atoms with van der Waals surface area (Å²) in [5.41, 5.74) is 14.7. The van der Waals surface area contributed by atoms with E-state index in [0.29, 0.717) is 23.5 Å². The number of benzene rings is 1. The zero-order chi connectivity index (χ0) is 20.8. The van der Waals surface area contributed by atoms with E-state index in [1.54, 1.807) is 18.2 Å². The van der Waals surface area contributed by atoms with Gasteiger partial charge in [0, 0.05) is 17.5 Å². The van der Waals surface area contributed by atoms with Crippen LogP contribution in [-0.2, 0) is 24.2 Å². The number of aliphatic imine (C=N–C) groups is 1. The van der Waals surface area contributed by atoms with Gasteiger partial charge in [-0.1, -0.05) is 35.9 Å². The fourth-order valence-electron chi connectivity index (χ4n) is 3.38. The van der Waals surface area contributed by atoms with Crippen molar-refractivity contribution in [2.24, 2.45) is 22.4 Å². The predicted molar refractivity (Wildman–Crippen MR) is 110 cm³/mol. The van der Waals surface area contributed by atoms with Crippen LogP contribution in [-0.4, -0.2) is 17.0 Å². The van der Waals surface area contributed by atoms with Crippen molar-refractivity contribution in [2.45, 2.75) is 39.2 Å². The molecule has 152 valence electrons. The second-order valence-electron chi connectivity index (χ2n) is 7.28. The Balaban J connectivity index is 1.50. The zero-order valence-electron chi connectivity index (χ0n) is 16.4. The van der Waals surface area contributed by atoms with Gasteiger partial charge in [-0.05, 0) is 55.7 Å². The van der Waals surface area contributed by atoms with Crippen LogP contribution in [0, 0.1) is 18.7 Å². The molecule has 29 heavy (non-hydrogen) atoms. The van der Waals surface area contributed by atoms with Gasteiger partial charge in [-0.25, -0.2) is 9.18 Å². The predicted octanol–water partition coefficient (Wildman–Crippen LogP) is 3.56. The van der Waals surface area contributed by atoms with Crippen molar-refractivity contribution >= 4 is 12.1 Å². The van der Waals surface area contributed by atoms with Gasteiger partial charge in [0.25, 0.3) is 0 Å². The summed E-state index contributed by atoms with van der Waals surface area (Å²) in [5.74, 6) is -0.220. The van der Waals surface area contributed by atoms with Gasteiger partial charge in [0.15, 0.2) is 5.96 Å². The van der Waals surface area contributed by atoms with Crippen LogP contribution >= 0.6 is 0 Å². The molecule has 1 amide bonds. The maximum Gasteiger partial charge on any atom is 0.437 e. The number of allylic oxidation sites excluding steroid dienone is 2. The van der Waals surface area contributed by atoms with Crippen LogP contribution in [0.3, 0.4) is 0 Å². The monoisotopic (exact) mass is 396 g/mol. The molecule has 1 aliphatic rings. The van der Waals surface area contributed by atoms with E-state index in [2.05, 4.69) is 22.1 Å². The number of halogens is 1. The molecule has 0 saturated heterocycles. The van der Waals surface area contributed by atoms with E-state index < -0.39 is 12.1 Å². The molecule has 1 aromatic heterocycles. The standard InChI is InChI=1S/C22H25FN4O2/c1-14-5-6-16(12-26-14)11-17-9-15(10-17)7-8-18-3-2-4-19(20(18)23)13-29-22(28)27-21(24)25/h2-6,9,12,17H,7-8,10-11,13H2,1H3,(H4,24,25,27,28). The van der Waals surface area contributed by atoms with E-state index >= 15 is 0 Å². The van der Waals surface area contributed by atoms with E-state index in [0.717, 1.165) is 25.0 Å². The first-order valence-corrected chi connectivity index (χ1v) is 9.54. The van der Waals surface area contributed by atoms with Crippen molar-refractivity contribution in [1.29, 1.82) is 0 Å². The smallest absolute Gasteiger partial charge is 0.437 e. The number of nitrogens with zero attached hydrogens (tertiary/aromatic N) is 2. The van der Waals surface area contributed by atoms with Gasteiger partial charge in [-0.3, -0.25) is 4.98 Å². The fourth-order valence-corrected chi connectivity index (χ4v) is 3.38. The number of nitrogens with two attached hydrogens (primary N) is 2. The number of hydrogen-bond donors (Lipinski definition) is 2. The van der Waals surface area contributed by atoms with Gasteiger partial charge in [-0.15, -0.1) is 4.99 Å². The molecule has 1 aliphatic carbocycles. The lowest BCUT2D eigenvalue weighted by atomic mass is 9.80. The van der Waals surface area contributed by atoms with Crippen LogP contribution in [0.25, 0.3) is 0 Å². The largest absolute Gasteiger partial charge is 0.443 e. The van der Waals surface area contributed by atoms with Gasteiger partial charge in [0.2, 0.25) is 0 Å². The molecule has 2 aromatic rings. The Morgan fingerprint density at radius 1 is 1.24 bits per heavy atom. The highest BCUT2D eigenvalue weighted by molar-refractivity contribution is 5.87. The highest BCUT2D eigenvalue weighted by Crippen LogP contribution is 2.32. The van der Waals surface area contributed by atoms with Crippen LogP contribution in [0.4, 0.5) is 9.18 Å². The van der Waals surface area contributed by atoms with Crippen LogP contribution in [0.2, 0.25) is 0 Å². The Morgan fingerprint density at radius 3 is 2.69 bits per heavy atom. The molecule has 0 spiro atoms. The second-order valence-corrected chi connectivity index (χ2v) is 7.28. The SMILES string of the molecule is Cc1ccc(CC2C=C(CCc3cccc(COC(=O)N=C(N)N)c3F)C2)cn1. The molecule has 0 fully saturated rings. The maximum absolute atomic E-state index is 14.7. The average Bonchev–Trinajstić information content (AvgIpc) is 2.64. The number of aromatic nitrogens is 1. The Bertz CT molecular complexity index is 934. The van der Waals surface area contributed by atoms with Crippen LogP contribution in [0.1, 0.15) is 35.2 Å². The molecule has 1 heterocycles. The number of amides is 1. The van der Waals surface area contributed by atoms with Gasteiger partial charge in [0.05, 0.1) is 0 Å². The maximum atomic E-state index is 14.7. The third-order valence-electron chi connectivity index (χ3n) is 4.91. The van der Waals surface area contributed by atoms with Gasteiger partial charge >= 0.3 is 6.09 Å². The molecule has 1 atom stereocenters. The minimum Gasteiger partial charge on any atom is -0.443 e. The summed E-state index contributed by atoms with van der Waals surface area (Å²) in [7, 11) is 0. The van der Waals surface area contributed by atoms with Gasteiger partial charge < -0.3 is 16.2 Å². The van der Waals surface area contributed by atoms with E-state index in [9.17, 15) is 9.18 Å². The summed E-state index contributed by atoms with van der Waals surface area (Å²) < 4.78 is 19.5. The van der Waals surface area contributed by atoms with Crippen molar-refractivity contribution in [1.82, 2.24) is 4.98 Å². The van der Waals surface area contributed by atoms with E-state index in [-0.39, 0.29) is 12.4 Å². The summed E-state index contributed by atoms with van der Waals surface area (Å²) in [4.78, 5) is 18.9. The van der Waals surface area contributed by atoms with Crippen LogP contribution in [0.15, 0.2) is 53.2 Å². The Hall–Kier alpha value is -3.22. The first-order valence-electron chi connectivity index (χ1n) is 9.54. The lowest BCUT2D eigenvalue weighted by Crippen LogP contribution is -2.24. The van der Waals surface area contributed by atoms with E-state index in [4.69, 9.17) is 16.2 Å². The number of pyridine rings is 1. The Labute approximate surface area is 169 Å². The molecule has 0 aliphatic heterocycles. The highest BCUT2D eigenvalue weighted by atomic mass is 19.1. The number of carbonyl (C=O) groups is 1. The number of hydrogen-bond acceptors (Lipinski definition) is 3. The lowest BCUT2D eigenvalue weighted by molar-refractivity contribution is 0.149. The Morgan fingerprint density at radius 2 is 2.00 bits per heavy atom. The topological polar surface area (TPSA) is 104 Å². The summed E-state index contributed by atoms with van der Waals surface area (Å²) >= 11 is 0. The van der Waals surface area contributed by atoms with E-state index in [1.165, 1.54) is 11.1 Å². The van der Waals surface area contributed by atoms with E-state index in [1.807, 2.05) is 19.2 Å². The molecule has 0 bridgehead atoms. The molecular weight excluding hydrogens is 371 g/mol.